The lowest BCUT2D eigenvalue weighted by Crippen LogP contribution is -2.55. The number of para-hydroxylation sites is 1. The Labute approximate surface area is 223 Å². The van der Waals surface area contributed by atoms with Crippen molar-refractivity contribution in [3.8, 4) is 0 Å². The first-order valence-corrected chi connectivity index (χ1v) is 14.8. The first kappa shape index (κ1) is 26.9. The Hall–Kier alpha value is -1.69. The van der Waals surface area contributed by atoms with E-state index < -0.39 is 11.7 Å². The number of aliphatic hydroxyl groups excluding tert-OH is 2. The second-order valence-corrected chi connectivity index (χ2v) is 13.3. The molecule has 3 fully saturated rings. The van der Waals surface area contributed by atoms with E-state index >= 15 is 0 Å². The van der Waals surface area contributed by atoms with Crippen LogP contribution >= 0.6 is 0 Å². The smallest absolute Gasteiger partial charge is 0.0910 e. The minimum Gasteiger partial charge on any atom is -0.393 e. The molecule has 0 spiro atoms. The number of rotatable bonds is 8. The minimum absolute atomic E-state index is 0.0720. The molecule has 0 radical (unpaired) electrons. The van der Waals surface area contributed by atoms with Crippen molar-refractivity contribution in [3.05, 3.63) is 42.0 Å². The van der Waals surface area contributed by atoms with E-state index in [1.165, 1.54) is 12.0 Å². The molecule has 0 saturated heterocycles. The van der Waals surface area contributed by atoms with Crippen LogP contribution in [0.5, 0.6) is 0 Å². The average Bonchev–Trinajstić information content (AvgIpc) is 3.25. The van der Waals surface area contributed by atoms with Crippen molar-refractivity contribution < 1.29 is 15.3 Å². The highest BCUT2D eigenvalue weighted by Gasteiger charge is 2.62. The van der Waals surface area contributed by atoms with Gasteiger partial charge in [0.25, 0.3) is 0 Å². The number of hydrazone groups is 1. The van der Waals surface area contributed by atoms with Crippen molar-refractivity contribution in [1.82, 2.24) is 0 Å². The molecule has 9 atom stereocenters. The largest absolute Gasteiger partial charge is 0.393 e. The van der Waals surface area contributed by atoms with E-state index in [4.69, 9.17) is 0 Å². The van der Waals surface area contributed by atoms with Crippen LogP contribution in [0.4, 0.5) is 5.69 Å². The SMILES string of the molecule is C[C@]12CC[C@H]3[C@@H](CC=C4C[C@@H](O)CC[C@@]43C)[C@@H]1CC[C@@H]2[C@@](C)(O)C(O)CCC/C=N/Nc1ccccc1. The van der Waals surface area contributed by atoms with E-state index in [-0.39, 0.29) is 22.9 Å². The van der Waals surface area contributed by atoms with Gasteiger partial charge in [0.05, 0.1) is 23.5 Å². The molecule has 5 heteroatoms. The van der Waals surface area contributed by atoms with E-state index in [1.54, 1.807) is 0 Å². The summed E-state index contributed by atoms with van der Waals surface area (Å²) in [4.78, 5) is 0. The van der Waals surface area contributed by atoms with E-state index in [9.17, 15) is 15.3 Å². The van der Waals surface area contributed by atoms with Crippen molar-refractivity contribution in [1.29, 1.82) is 0 Å². The molecule has 5 rings (SSSR count). The van der Waals surface area contributed by atoms with Crippen LogP contribution in [0.15, 0.2) is 47.1 Å². The Morgan fingerprint density at radius 2 is 1.89 bits per heavy atom. The maximum atomic E-state index is 11.8. The van der Waals surface area contributed by atoms with Gasteiger partial charge < -0.3 is 15.3 Å². The number of aliphatic hydroxyl groups is 3. The van der Waals surface area contributed by atoms with Gasteiger partial charge in [-0.3, -0.25) is 5.43 Å². The van der Waals surface area contributed by atoms with Gasteiger partial charge in [-0.15, -0.1) is 0 Å². The highest BCUT2D eigenvalue weighted by molar-refractivity contribution is 5.59. The second-order valence-electron chi connectivity index (χ2n) is 13.3. The quantitative estimate of drug-likeness (QED) is 0.144. The molecule has 3 saturated carbocycles. The first-order chi connectivity index (χ1) is 17.7. The highest BCUT2D eigenvalue weighted by Crippen LogP contribution is 2.67. The van der Waals surface area contributed by atoms with Crippen molar-refractivity contribution in [3.63, 3.8) is 0 Å². The van der Waals surface area contributed by atoms with Crippen molar-refractivity contribution in [2.75, 3.05) is 5.43 Å². The molecule has 1 aromatic carbocycles. The van der Waals surface area contributed by atoms with Crippen LogP contribution in [0.1, 0.15) is 91.4 Å². The summed E-state index contributed by atoms with van der Waals surface area (Å²) in [5, 5.41) is 37.5. The summed E-state index contributed by atoms with van der Waals surface area (Å²) in [5.41, 5.74) is 4.73. The third kappa shape index (κ3) is 4.92. The van der Waals surface area contributed by atoms with E-state index in [2.05, 4.69) is 30.5 Å². The second kappa shape index (κ2) is 10.5. The third-order valence-electron chi connectivity index (χ3n) is 11.3. The Bertz CT molecular complexity index is 991. The molecular weight excluding hydrogens is 460 g/mol. The van der Waals surface area contributed by atoms with Gasteiger partial charge in [-0.1, -0.05) is 43.7 Å². The number of nitrogens with one attached hydrogen (secondary N) is 1. The summed E-state index contributed by atoms with van der Waals surface area (Å²) in [6, 6.07) is 9.88. The molecule has 4 N–H and O–H groups in total. The van der Waals surface area contributed by atoms with Gasteiger partial charge >= 0.3 is 0 Å². The monoisotopic (exact) mass is 508 g/mol. The van der Waals surface area contributed by atoms with E-state index in [1.807, 2.05) is 43.5 Å². The lowest BCUT2D eigenvalue weighted by atomic mass is 9.46. The van der Waals surface area contributed by atoms with Crippen molar-refractivity contribution in [2.24, 2.45) is 39.6 Å². The normalized spacial score (nSPS) is 39.7. The molecule has 0 amide bonds. The number of hydrogen-bond acceptors (Lipinski definition) is 5. The zero-order valence-electron chi connectivity index (χ0n) is 23.1. The van der Waals surface area contributed by atoms with Gasteiger partial charge in [0, 0.05) is 6.21 Å². The van der Waals surface area contributed by atoms with E-state index in [0.29, 0.717) is 24.2 Å². The Balaban J connectivity index is 1.19. The number of anilines is 1. The molecule has 1 unspecified atom stereocenters. The summed E-state index contributed by atoms with van der Waals surface area (Å²) in [6.45, 7) is 6.78. The predicted octanol–water partition coefficient (Wildman–Crippen LogP) is 6.31. The molecule has 4 aliphatic rings. The topological polar surface area (TPSA) is 85.1 Å². The number of allylic oxidation sites excluding steroid dienone is 1. The predicted molar refractivity (Wildman–Crippen MR) is 150 cm³/mol. The molecule has 1 aromatic rings. The zero-order valence-corrected chi connectivity index (χ0v) is 23.1. The summed E-state index contributed by atoms with van der Waals surface area (Å²) in [6.07, 6.45) is 14.1. The van der Waals surface area contributed by atoms with Crippen LogP contribution in [0, 0.1) is 34.5 Å². The van der Waals surface area contributed by atoms with Crippen LogP contribution in [0.25, 0.3) is 0 Å². The standard InChI is InChI=1S/C32H48N2O3/c1-30-18-16-24(35)21-22(30)12-13-25-26-14-15-28(31(26,2)19-17-27(25)30)32(3,37)29(36)11-7-8-20-33-34-23-9-5-4-6-10-23/h4-6,9-10,12,20,24-29,34-37H,7-8,11,13-19,21H2,1-3H3/b33-20+/t24-,25-,26-,27-,28-,29?,30-,31-,32+/m0/s1. The molecule has 0 aromatic heterocycles. The van der Waals surface area contributed by atoms with Crippen LogP contribution in [-0.2, 0) is 0 Å². The Kier molecular flexibility index (Phi) is 7.61. The molecule has 37 heavy (non-hydrogen) atoms. The Morgan fingerprint density at radius 3 is 2.68 bits per heavy atom. The zero-order chi connectivity index (χ0) is 26.3. The molecule has 0 aliphatic heterocycles. The van der Waals surface area contributed by atoms with Crippen molar-refractivity contribution in [2.45, 2.75) is 109 Å². The van der Waals surface area contributed by atoms with Crippen LogP contribution in [-0.4, -0.2) is 39.3 Å². The summed E-state index contributed by atoms with van der Waals surface area (Å²) >= 11 is 0. The summed E-state index contributed by atoms with van der Waals surface area (Å²) in [7, 11) is 0. The molecule has 0 heterocycles. The van der Waals surface area contributed by atoms with Gasteiger partial charge in [0.1, 0.15) is 0 Å². The maximum absolute atomic E-state index is 11.8. The van der Waals surface area contributed by atoms with Gasteiger partial charge in [0.15, 0.2) is 0 Å². The number of benzene rings is 1. The molecule has 204 valence electrons. The molecule has 4 aliphatic carbocycles. The Morgan fingerprint density at radius 1 is 1.11 bits per heavy atom. The summed E-state index contributed by atoms with van der Waals surface area (Å²) < 4.78 is 0. The molecule has 5 nitrogen and oxygen atoms in total. The fraction of sp³-hybridized carbons (Fsp3) is 0.719. The molecule has 0 bridgehead atoms. The van der Waals surface area contributed by atoms with Crippen LogP contribution in [0.3, 0.4) is 0 Å². The van der Waals surface area contributed by atoms with Gasteiger partial charge in [-0.05, 0) is 124 Å². The third-order valence-corrected chi connectivity index (χ3v) is 11.3. The van der Waals surface area contributed by atoms with Crippen molar-refractivity contribution >= 4 is 11.9 Å². The van der Waals surface area contributed by atoms with Gasteiger partial charge in [0.2, 0.25) is 0 Å². The molecular formula is C32H48N2O3. The highest BCUT2D eigenvalue weighted by atomic mass is 16.3. The van der Waals surface area contributed by atoms with Crippen LogP contribution in [0.2, 0.25) is 0 Å². The fourth-order valence-electron chi connectivity index (χ4n) is 9.23. The van der Waals surface area contributed by atoms with Gasteiger partial charge in [-0.2, -0.15) is 5.10 Å². The number of unbranched alkanes of at least 4 members (excludes halogenated alkanes) is 1. The average molecular weight is 509 g/mol. The maximum Gasteiger partial charge on any atom is 0.0910 e. The van der Waals surface area contributed by atoms with Gasteiger partial charge in [-0.25, -0.2) is 0 Å². The number of hydrogen-bond donors (Lipinski definition) is 4. The lowest BCUT2D eigenvalue weighted by Gasteiger charge is -2.59. The number of fused-ring (bicyclic) bond motifs is 5. The summed E-state index contributed by atoms with van der Waals surface area (Å²) in [5.74, 6) is 2.08. The van der Waals surface area contributed by atoms with Crippen LogP contribution < -0.4 is 5.43 Å². The van der Waals surface area contributed by atoms with E-state index in [0.717, 1.165) is 63.5 Å². The first-order valence-electron chi connectivity index (χ1n) is 14.8. The fourth-order valence-corrected chi connectivity index (χ4v) is 9.23. The number of nitrogens with zero attached hydrogens (tertiary/aromatic N) is 1. The lowest BCUT2D eigenvalue weighted by molar-refractivity contribution is -0.151. The minimum atomic E-state index is -1.08.